The topological polar surface area (TPSA) is 49.4 Å². The lowest BCUT2D eigenvalue weighted by molar-refractivity contribution is -0.143. The summed E-state index contributed by atoms with van der Waals surface area (Å²) in [6.45, 7) is 2.12. The van der Waals surface area contributed by atoms with Crippen LogP contribution in [0.5, 0.6) is 0 Å². The summed E-state index contributed by atoms with van der Waals surface area (Å²) in [7, 11) is 0. The predicted octanol–water partition coefficient (Wildman–Crippen LogP) is 2.66. The Balaban J connectivity index is 2.27. The number of alkyl halides is 6. The van der Waals surface area contributed by atoms with E-state index in [1.807, 2.05) is 0 Å². The summed E-state index contributed by atoms with van der Waals surface area (Å²) in [6.07, 6.45) is -10.6. The van der Waals surface area contributed by atoms with Gasteiger partial charge in [-0.05, 0) is 30.7 Å². The van der Waals surface area contributed by atoms with Crippen LogP contribution in [0, 0.1) is 0 Å². The molecule has 26 heavy (non-hydrogen) atoms. The Labute approximate surface area is 145 Å². The van der Waals surface area contributed by atoms with Gasteiger partial charge in [0.05, 0.1) is 23.7 Å². The van der Waals surface area contributed by atoms with Crippen LogP contribution in [0.4, 0.5) is 26.3 Å². The summed E-state index contributed by atoms with van der Waals surface area (Å²) in [5.74, 6) is -0.982. The maximum Gasteiger partial charge on any atom is 0.416 e. The van der Waals surface area contributed by atoms with E-state index in [0.717, 1.165) is 0 Å². The van der Waals surface area contributed by atoms with Crippen molar-refractivity contribution in [3.8, 4) is 0 Å². The molecule has 1 amide bonds. The highest BCUT2D eigenvalue weighted by molar-refractivity contribution is 5.91. The molecule has 1 unspecified atom stereocenters. The summed E-state index contributed by atoms with van der Waals surface area (Å²) < 4.78 is 77.2. The molecule has 4 nitrogen and oxygen atoms in total. The van der Waals surface area contributed by atoms with E-state index in [4.69, 9.17) is 0 Å². The van der Waals surface area contributed by atoms with Gasteiger partial charge in [-0.15, -0.1) is 0 Å². The monoisotopic (exact) mass is 382 g/mol. The summed E-state index contributed by atoms with van der Waals surface area (Å²) in [5, 5.41) is 2.80. The smallest absolute Gasteiger partial charge is 0.331 e. The van der Waals surface area contributed by atoms with Crippen LogP contribution >= 0.6 is 0 Å². The van der Waals surface area contributed by atoms with Crippen LogP contribution in [0.1, 0.15) is 23.6 Å². The second-order valence-corrected chi connectivity index (χ2v) is 6.00. The van der Waals surface area contributed by atoms with Gasteiger partial charge in [-0.3, -0.25) is 9.59 Å². The Hall–Kier alpha value is -2.10. The summed E-state index contributed by atoms with van der Waals surface area (Å²) in [4.78, 5) is 25.3. The number of nitrogens with zero attached hydrogens (tertiary/aromatic N) is 1. The Morgan fingerprint density at radius 1 is 1.12 bits per heavy atom. The number of piperazine rings is 1. The average molecular weight is 382 g/mol. The zero-order chi connectivity index (χ0) is 19.7. The fourth-order valence-corrected chi connectivity index (χ4v) is 2.67. The molecule has 0 aliphatic carbocycles. The molecular weight excluding hydrogens is 366 g/mol. The summed E-state index contributed by atoms with van der Waals surface area (Å²) in [5.41, 5.74) is -3.34. The molecule has 0 aromatic heterocycles. The van der Waals surface area contributed by atoms with Gasteiger partial charge in [0.15, 0.2) is 5.78 Å². The zero-order valence-electron chi connectivity index (χ0n) is 13.7. The largest absolute Gasteiger partial charge is 0.416 e. The first kappa shape index (κ1) is 20.2. The molecule has 1 heterocycles. The highest BCUT2D eigenvalue weighted by Crippen LogP contribution is 2.36. The number of carbonyl (C=O) groups is 2. The van der Waals surface area contributed by atoms with E-state index >= 15 is 0 Å². The number of halogens is 6. The number of Topliss-reactive ketones (excluding diaryl/α,β-unsaturated/α-hetero) is 1. The van der Waals surface area contributed by atoms with Crippen molar-refractivity contribution >= 4 is 11.7 Å². The normalized spacial score (nSPS) is 17.3. The van der Waals surface area contributed by atoms with Crippen molar-refractivity contribution in [3.05, 3.63) is 34.9 Å². The molecule has 1 N–H and O–H groups in total. The van der Waals surface area contributed by atoms with Crippen LogP contribution in [0.2, 0.25) is 0 Å². The minimum atomic E-state index is -4.97. The molecule has 1 fully saturated rings. The molecule has 0 radical (unpaired) electrons. The van der Waals surface area contributed by atoms with E-state index in [-0.39, 0.29) is 25.1 Å². The van der Waals surface area contributed by atoms with Crippen LogP contribution in [-0.2, 0) is 28.4 Å². The first-order valence-corrected chi connectivity index (χ1v) is 7.71. The summed E-state index contributed by atoms with van der Waals surface area (Å²) in [6, 6.07) is 0.129. The van der Waals surface area contributed by atoms with E-state index in [1.165, 1.54) is 11.8 Å². The van der Waals surface area contributed by atoms with Gasteiger partial charge in [-0.2, -0.15) is 26.3 Å². The van der Waals surface area contributed by atoms with Gasteiger partial charge in [0.25, 0.3) is 0 Å². The van der Waals surface area contributed by atoms with Crippen LogP contribution in [-0.4, -0.2) is 42.3 Å². The van der Waals surface area contributed by atoms with Crippen LogP contribution in [0.15, 0.2) is 18.2 Å². The number of hydrogen-bond donors (Lipinski definition) is 1. The molecule has 1 aromatic carbocycles. The van der Waals surface area contributed by atoms with Crippen molar-refractivity contribution in [1.82, 2.24) is 10.2 Å². The van der Waals surface area contributed by atoms with Crippen molar-refractivity contribution in [2.75, 3.05) is 19.6 Å². The molecule has 1 aliphatic heterocycles. The fourth-order valence-electron chi connectivity index (χ4n) is 2.67. The third kappa shape index (κ3) is 4.75. The third-order valence-corrected chi connectivity index (χ3v) is 4.09. The Bertz CT molecular complexity index is 667. The van der Waals surface area contributed by atoms with Crippen molar-refractivity contribution in [2.45, 2.75) is 31.7 Å². The molecule has 1 aromatic rings. The molecule has 1 aliphatic rings. The van der Waals surface area contributed by atoms with Crippen molar-refractivity contribution < 1.29 is 35.9 Å². The molecule has 1 atom stereocenters. The van der Waals surface area contributed by atoms with E-state index in [2.05, 4.69) is 5.32 Å². The van der Waals surface area contributed by atoms with Crippen molar-refractivity contribution in [1.29, 1.82) is 0 Å². The van der Waals surface area contributed by atoms with Crippen molar-refractivity contribution in [3.63, 3.8) is 0 Å². The Morgan fingerprint density at radius 3 is 2.12 bits per heavy atom. The molecule has 0 saturated carbocycles. The van der Waals surface area contributed by atoms with Gasteiger partial charge in [-0.25, -0.2) is 0 Å². The molecule has 10 heteroatoms. The summed E-state index contributed by atoms with van der Waals surface area (Å²) >= 11 is 0. The number of hydrogen-bond acceptors (Lipinski definition) is 3. The van der Waals surface area contributed by atoms with Crippen LogP contribution in [0.25, 0.3) is 0 Å². The predicted molar refractivity (Wildman–Crippen MR) is 79.2 cm³/mol. The number of carbonyl (C=O) groups excluding carboxylic acids is 2. The Morgan fingerprint density at radius 2 is 1.65 bits per heavy atom. The average Bonchev–Trinajstić information content (AvgIpc) is 2.52. The highest BCUT2D eigenvalue weighted by Gasteiger charge is 2.37. The zero-order valence-corrected chi connectivity index (χ0v) is 13.7. The van der Waals surface area contributed by atoms with Gasteiger partial charge < -0.3 is 10.2 Å². The SMILES string of the molecule is CC(C(=O)Cc1cc(C(F)(F)F)cc(C(F)(F)F)c1)N1CCNCC1=O. The second-order valence-electron chi connectivity index (χ2n) is 6.00. The number of ketones is 1. The lowest BCUT2D eigenvalue weighted by Crippen LogP contribution is -2.54. The number of rotatable bonds is 4. The molecule has 144 valence electrons. The minimum absolute atomic E-state index is 0.0111. The minimum Gasteiger partial charge on any atom is -0.331 e. The van der Waals surface area contributed by atoms with E-state index in [9.17, 15) is 35.9 Å². The van der Waals surface area contributed by atoms with E-state index in [1.54, 1.807) is 0 Å². The van der Waals surface area contributed by atoms with E-state index in [0.29, 0.717) is 18.7 Å². The standard InChI is InChI=1S/C16H16F6N2O2/c1-9(24-3-2-23-8-14(24)26)13(25)6-10-4-11(15(17,18)19)7-12(5-10)16(20,21)22/h4-5,7,9,23H,2-3,6,8H2,1H3. The molecule has 1 saturated heterocycles. The maximum atomic E-state index is 12.9. The molecule has 0 spiro atoms. The van der Waals surface area contributed by atoms with Gasteiger partial charge in [-0.1, -0.05) is 0 Å². The Kier molecular flexibility index (Phi) is 5.64. The van der Waals surface area contributed by atoms with Gasteiger partial charge in [0, 0.05) is 19.5 Å². The second kappa shape index (κ2) is 7.26. The number of nitrogens with one attached hydrogen (secondary N) is 1. The highest BCUT2D eigenvalue weighted by atomic mass is 19.4. The van der Waals surface area contributed by atoms with Gasteiger partial charge in [0.1, 0.15) is 0 Å². The number of amides is 1. The molecule has 2 rings (SSSR count). The van der Waals surface area contributed by atoms with Gasteiger partial charge in [0.2, 0.25) is 5.91 Å². The lowest BCUT2D eigenvalue weighted by atomic mass is 9.98. The molecule has 0 bridgehead atoms. The van der Waals surface area contributed by atoms with Crippen molar-refractivity contribution in [2.24, 2.45) is 0 Å². The molecular formula is C16H16F6N2O2. The number of benzene rings is 1. The van der Waals surface area contributed by atoms with Gasteiger partial charge >= 0.3 is 12.4 Å². The quantitative estimate of drug-likeness (QED) is 0.815. The maximum absolute atomic E-state index is 12.9. The van der Waals surface area contributed by atoms with Crippen LogP contribution in [0.3, 0.4) is 0 Å². The first-order valence-electron chi connectivity index (χ1n) is 7.71. The first-order chi connectivity index (χ1) is 11.9. The fraction of sp³-hybridized carbons (Fsp3) is 0.500. The van der Waals surface area contributed by atoms with E-state index < -0.39 is 47.3 Å². The third-order valence-electron chi connectivity index (χ3n) is 4.09. The lowest BCUT2D eigenvalue weighted by Gasteiger charge is -2.32. The van der Waals surface area contributed by atoms with Crippen LogP contribution < -0.4 is 5.32 Å².